The lowest BCUT2D eigenvalue weighted by atomic mass is 10.1. The van der Waals surface area contributed by atoms with Crippen LogP contribution >= 0.6 is 7.82 Å². The topological polar surface area (TPSA) is 55.8 Å². The van der Waals surface area contributed by atoms with Crippen LogP contribution in [0.4, 0.5) is 0 Å². The maximum atomic E-state index is 11.1. The normalized spacial score (nSPS) is 26.2. The smallest absolute Gasteiger partial charge is 0.302 e. The lowest BCUT2D eigenvalue weighted by Crippen LogP contribution is -1.97. The second kappa shape index (κ2) is 5.76. The third-order valence-electron chi connectivity index (χ3n) is 2.05. The van der Waals surface area contributed by atoms with Crippen molar-refractivity contribution < 1.29 is 18.5 Å². The average molecular weight is 208 g/mol. The predicted molar refractivity (Wildman–Crippen MR) is 49.4 cm³/mol. The molecule has 1 saturated heterocycles. The molecule has 78 valence electrons. The number of phosphoric ester groups is 1. The van der Waals surface area contributed by atoms with Crippen molar-refractivity contribution in [3.05, 3.63) is 0 Å². The van der Waals surface area contributed by atoms with E-state index >= 15 is 0 Å². The summed E-state index contributed by atoms with van der Waals surface area (Å²) in [6, 6.07) is 0. The molecule has 0 aromatic carbocycles. The van der Waals surface area contributed by atoms with E-state index in [-0.39, 0.29) is 0 Å². The average Bonchev–Trinajstić information content (AvgIpc) is 2.10. The van der Waals surface area contributed by atoms with E-state index in [4.69, 9.17) is 13.9 Å². The molecule has 5 heteroatoms. The second-order valence-electron chi connectivity index (χ2n) is 3.26. The highest BCUT2D eigenvalue weighted by Crippen LogP contribution is 2.43. The van der Waals surface area contributed by atoms with Crippen molar-refractivity contribution in [2.75, 3.05) is 13.2 Å². The molecule has 1 aliphatic rings. The molecule has 0 bridgehead atoms. The molecule has 1 heterocycles. The molecule has 1 fully saturated rings. The second-order valence-corrected chi connectivity index (χ2v) is 4.71. The van der Waals surface area contributed by atoms with Crippen molar-refractivity contribution >= 4 is 7.82 Å². The zero-order valence-electron chi connectivity index (χ0n) is 7.78. The Morgan fingerprint density at radius 1 is 0.846 bits per heavy atom. The summed E-state index contributed by atoms with van der Waals surface area (Å²) in [5, 5.41) is 0. The van der Waals surface area contributed by atoms with E-state index in [0.29, 0.717) is 13.2 Å². The summed E-state index contributed by atoms with van der Waals surface area (Å²) in [6.07, 6.45) is 6.18. The summed E-state index contributed by atoms with van der Waals surface area (Å²) < 4.78 is 20.6. The molecule has 0 atom stereocenters. The lowest BCUT2D eigenvalue weighted by molar-refractivity contribution is 0.147. The molecule has 0 spiro atoms. The molecule has 0 amide bonds. The van der Waals surface area contributed by atoms with E-state index in [9.17, 15) is 4.57 Å². The first-order valence-electron chi connectivity index (χ1n) is 4.83. The monoisotopic (exact) mass is 208 g/mol. The van der Waals surface area contributed by atoms with Gasteiger partial charge < -0.3 is 4.89 Å². The van der Waals surface area contributed by atoms with Gasteiger partial charge in [-0.15, -0.1) is 0 Å². The Labute approximate surface area is 78.9 Å². The molecule has 1 N–H and O–H groups in total. The van der Waals surface area contributed by atoms with Gasteiger partial charge in [-0.2, -0.15) is 0 Å². The van der Waals surface area contributed by atoms with Crippen LogP contribution < -0.4 is 0 Å². The molecule has 0 aromatic rings. The van der Waals surface area contributed by atoms with Crippen LogP contribution in [0.3, 0.4) is 0 Å². The quantitative estimate of drug-likeness (QED) is 0.621. The minimum Gasteiger partial charge on any atom is -0.302 e. The number of hydrogen-bond acceptors (Lipinski definition) is 3. The highest BCUT2D eigenvalue weighted by atomic mass is 31.2. The Kier molecular flexibility index (Phi) is 4.96. The van der Waals surface area contributed by atoms with Crippen LogP contribution in [-0.4, -0.2) is 18.1 Å². The maximum Gasteiger partial charge on any atom is 0.472 e. The molecule has 1 aliphatic heterocycles. The Balaban J connectivity index is 2.32. The van der Waals surface area contributed by atoms with E-state index in [0.717, 1.165) is 25.7 Å². The molecule has 0 aliphatic carbocycles. The summed E-state index contributed by atoms with van der Waals surface area (Å²) in [5.41, 5.74) is 0. The molecule has 1 rings (SSSR count). The van der Waals surface area contributed by atoms with Gasteiger partial charge in [-0.25, -0.2) is 4.57 Å². The van der Waals surface area contributed by atoms with Crippen molar-refractivity contribution in [2.45, 2.75) is 38.5 Å². The fourth-order valence-electron chi connectivity index (χ4n) is 1.31. The summed E-state index contributed by atoms with van der Waals surface area (Å²) in [6.45, 7) is 0.654. The van der Waals surface area contributed by atoms with Gasteiger partial charge in [0.15, 0.2) is 0 Å². The van der Waals surface area contributed by atoms with E-state index in [2.05, 4.69) is 0 Å². The summed E-state index contributed by atoms with van der Waals surface area (Å²) >= 11 is 0. The molecule has 0 unspecified atom stereocenters. The first kappa shape index (κ1) is 11.2. The van der Waals surface area contributed by atoms with Gasteiger partial charge in [0.25, 0.3) is 0 Å². The van der Waals surface area contributed by atoms with E-state index in [1.807, 2.05) is 0 Å². The standard InChI is InChI=1S/C8H17O4P/c9-13(10)11-7-5-3-1-2-4-6-8-12-13/h1-8H2,(H,9,10). The zero-order valence-corrected chi connectivity index (χ0v) is 8.67. The van der Waals surface area contributed by atoms with Crippen LogP contribution in [0.2, 0.25) is 0 Å². The van der Waals surface area contributed by atoms with Gasteiger partial charge in [0.05, 0.1) is 13.2 Å². The Bertz CT molecular complexity index is 167. The molecule has 0 saturated carbocycles. The van der Waals surface area contributed by atoms with E-state index in [1.54, 1.807) is 0 Å². The van der Waals surface area contributed by atoms with Crippen molar-refractivity contribution in [3.8, 4) is 0 Å². The predicted octanol–water partition coefficient (Wildman–Crippen LogP) is 2.47. The van der Waals surface area contributed by atoms with Gasteiger partial charge in [0, 0.05) is 0 Å². The lowest BCUT2D eigenvalue weighted by Gasteiger charge is -2.10. The fourth-order valence-corrected chi connectivity index (χ4v) is 2.10. The fraction of sp³-hybridized carbons (Fsp3) is 1.00. The van der Waals surface area contributed by atoms with Crippen LogP contribution in [0.25, 0.3) is 0 Å². The summed E-state index contributed by atoms with van der Waals surface area (Å²) in [4.78, 5) is 9.10. The highest BCUT2D eigenvalue weighted by Gasteiger charge is 2.20. The molecule has 4 nitrogen and oxygen atoms in total. The zero-order chi connectivity index (χ0) is 9.57. The molecule has 0 aromatic heterocycles. The van der Waals surface area contributed by atoms with Crippen molar-refractivity contribution in [1.82, 2.24) is 0 Å². The van der Waals surface area contributed by atoms with Crippen LogP contribution in [0.1, 0.15) is 38.5 Å². The first-order chi connectivity index (χ1) is 6.21. The number of hydrogen-bond donors (Lipinski definition) is 1. The van der Waals surface area contributed by atoms with Gasteiger partial charge in [-0.1, -0.05) is 25.7 Å². The third-order valence-corrected chi connectivity index (χ3v) is 3.07. The van der Waals surface area contributed by atoms with E-state index in [1.165, 1.54) is 12.8 Å². The van der Waals surface area contributed by atoms with Crippen molar-refractivity contribution in [3.63, 3.8) is 0 Å². The van der Waals surface area contributed by atoms with Crippen molar-refractivity contribution in [1.29, 1.82) is 0 Å². The first-order valence-corrected chi connectivity index (χ1v) is 6.32. The highest BCUT2D eigenvalue weighted by molar-refractivity contribution is 7.47. The Hall–Kier alpha value is 0.110. The van der Waals surface area contributed by atoms with Gasteiger partial charge in [-0.3, -0.25) is 9.05 Å². The Morgan fingerprint density at radius 2 is 1.23 bits per heavy atom. The van der Waals surface area contributed by atoms with Gasteiger partial charge in [-0.05, 0) is 12.8 Å². The Morgan fingerprint density at radius 3 is 1.69 bits per heavy atom. The molecule has 0 radical (unpaired) electrons. The summed E-state index contributed by atoms with van der Waals surface area (Å²) in [7, 11) is -3.72. The van der Waals surface area contributed by atoms with Gasteiger partial charge >= 0.3 is 7.82 Å². The van der Waals surface area contributed by atoms with E-state index < -0.39 is 7.82 Å². The third kappa shape index (κ3) is 5.42. The molecular weight excluding hydrogens is 191 g/mol. The largest absolute Gasteiger partial charge is 0.472 e. The van der Waals surface area contributed by atoms with Crippen LogP contribution in [0.15, 0.2) is 0 Å². The van der Waals surface area contributed by atoms with Gasteiger partial charge in [0.2, 0.25) is 0 Å². The SMILES string of the molecule is O=P1(O)OCCCCCCCCO1. The number of rotatable bonds is 0. The van der Waals surface area contributed by atoms with Crippen LogP contribution in [-0.2, 0) is 13.6 Å². The maximum absolute atomic E-state index is 11.1. The minimum absolute atomic E-state index is 0.327. The van der Waals surface area contributed by atoms with Crippen LogP contribution in [0, 0.1) is 0 Å². The van der Waals surface area contributed by atoms with Crippen LogP contribution in [0.5, 0.6) is 0 Å². The summed E-state index contributed by atoms with van der Waals surface area (Å²) in [5.74, 6) is 0. The van der Waals surface area contributed by atoms with Gasteiger partial charge in [0.1, 0.15) is 0 Å². The molecule has 13 heavy (non-hydrogen) atoms. The van der Waals surface area contributed by atoms with Crippen molar-refractivity contribution in [2.24, 2.45) is 0 Å². The number of phosphoric acid groups is 1. The minimum atomic E-state index is -3.72. The molecular formula is C8H17O4P.